The van der Waals surface area contributed by atoms with Crippen molar-refractivity contribution in [3.05, 3.63) is 12.2 Å². The SMILES string of the molecule is C[C@H](O[C@]1([C@H](C)O)SC2C=CC1C2)C(=O)O. The van der Waals surface area contributed by atoms with Gasteiger partial charge in [0.1, 0.15) is 4.93 Å². The summed E-state index contributed by atoms with van der Waals surface area (Å²) in [5, 5.41) is 19.1. The number of hydrogen-bond donors (Lipinski definition) is 2. The molecule has 5 atom stereocenters. The number of carbonyl (C=O) groups is 1. The zero-order chi connectivity index (χ0) is 11.9. The van der Waals surface area contributed by atoms with Gasteiger partial charge in [0.25, 0.3) is 0 Å². The van der Waals surface area contributed by atoms with E-state index in [1.54, 1.807) is 6.92 Å². The number of aliphatic hydroxyl groups excluding tert-OH is 1. The Hall–Kier alpha value is -0.520. The van der Waals surface area contributed by atoms with Crippen LogP contribution in [0.5, 0.6) is 0 Å². The normalized spacial score (nSPS) is 39.9. The van der Waals surface area contributed by atoms with Gasteiger partial charge in [-0.2, -0.15) is 0 Å². The predicted molar refractivity (Wildman–Crippen MR) is 61.2 cm³/mol. The molecule has 90 valence electrons. The van der Waals surface area contributed by atoms with Crippen molar-refractivity contribution >= 4 is 17.7 Å². The van der Waals surface area contributed by atoms with Crippen molar-refractivity contribution in [3.63, 3.8) is 0 Å². The maximum absolute atomic E-state index is 10.8. The van der Waals surface area contributed by atoms with E-state index in [-0.39, 0.29) is 5.92 Å². The molecule has 0 aromatic rings. The number of hydrogen-bond acceptors (Lipinski definition) is 4. The molecule has 5 heteroatoms. The molecule has 0 spiro atoms. The summed E-state index contributed by atoms with van der Waals surface area (Å²) in [6.07, 6.45) is 3.49. The molecule has 2 N–H and O–H groups in total. The number of fused-ring (bicyclic) bond motifs is 2. The van der Waals surface area contributed by atoms with Gasteiger partial charge in [-0.05, 0) is 20.3 Å². The van der Waals surface area contributed by atoms with E-state index in [1.807, 2.05) is 6.08 Å². The van der Waals surface area contributed by atoms with Crippen LogP contribution in [-0.4, -0.2) is 38.6 Å². The van der Waals surface area contributed by atoms with E-state index in [2.05, 4.69) is 6.08 Å². The summed E-state index contributed by atoms with van der Waals surface area (Å²) in [5.74, 6) is -0.878. The molecule has 1 aliphatic carbocycles. The minimum atomic E-state index is -0.993. The summed E-state index contributed by atoms with van der Waals surface area (Å²) in [6.45, 7) is 3.17. The van der Waals surface area contributed by atoms with Crippen molar-refractivity contribution in [2.75, 3.05) is 0 Å². The first-order chi connectivity index (χ1) is 7.45. The van der Waals surface area contributed by atoms with Gasteiger partial charge < -0.3 is 14.9 Å². The Morgan fingerprint density at radius 1 is 1.56 bits per heavy atom. The van der Waals surface area contributed by atoms with Crippen molar-refractivity contribution < 1.29 is 19.7 Å². The van der Waals surface area contributed by atoms with Crippen LogP contribution >= 0.6 is 11.8 Å². The maximum Gasteiger partial charge on any atom is 0.332 e. The Labute approximate surface area is 98.7 Å². The number of aliphatic hydroxyl groups is 1. The van der Waals surface area contributed by atoms with E-state index in [0.717, 1.165) is 6.42 Å². The molecule has 1 aliphatic heterocycles. The molecule has 0 saturated carbocycles. The second-order valence-electron chi connectivity index (χ2n) is 4.38. The van der Waals surface area contributed by atoms with Crippen LogP contribution in [0.3, 0.4) is 0 Å². The molecular formula is C11H16O4S. The molecule has 2 rings (SSSR count). The van der Waals surface area contributed by atoms with Crippen molar-refractivity contribution in [2.24, 2.45) is 5.92 Å². The first kappa shape index (κ1) is 12.0. The zero-order valence-corrected chi connectivity index (χ0v) is 10.1. The largest absolute Gasteiger partial charge is 0.479 e. The molecule has 0 aromatic carbocycles. The number of carboxylic acids is 1. The maximum atomic E-state index is 10.8. The summed E-state index contributed by atoms with van der Waals surface area (Å²) in [4.78, 5) is 10.0. The van der Waals surface area contributed by atoms with E-state index in [1.165, 1.54) is 18.7 Å². The molecule has 1 heterocycles. The Bertz CT molecular complexity index is 328. The highest BCUT2D eigenvalue weighted by atomic mass is 32.2. The fraction of sp³-hybridized carbons (Fsp3) is 0.727. The van der Waals surface area contributed by atoms with Crippen molar-refractivity contribution in [1.29, 1.82) is 0 Å². The second kappa shape index (κ2) is 4.05. The van der Waals surface area contributed by atoms with Crippen LogP contribution in [0.4, 0.5) is 0 Å². The minimum Gasteiger partial charge on any atom is -0.479 e. The van der Waals surface area contributed by atoms with E-state index in [0.29, 0.717) is 5.25 Å². The number of rotatable bonds is 4. The van der Waals surface area contributed by atoms with Crippen molar-refractivity contribution in [1.82, 2.24) is 0 Å². The van der Waals surface area contributed by atoms with Crippen LogP contribution in [0, 0.1) is 5.92 Å². The predicted octanol–water partition coefficient (Wildman–Crippen LogP) is 1.24. The smallest absolute Gasteiger partial charge is 0.332 e. The summed E-state index contributed by atoms with van der Waals surface area (Å²) in [7, 11) is 0. The summed E-state index contributed by atoms with van der Waals surface area (Å²) >= 11 is 1.54. The molecule has 16 heavy (non-hydrogen) atoms. The average molecular weight is 244 g/mol. The molecule has 2 bridgehead atoms. The molecule has 1 saturated heterocycles. The van der Waals surface area contributed by atoms with Crippen LogP contribution in [0.25, 0.3) is 0 Å². The van der Waals surface area contributed by atoms with Gasteiger partial charge in [-0.1, -0.05) is 12.2 Å². The van der Waals surface area contributed by atoms with Crippen LogP contribution in [0.2, 0.25) is 0 Å². The molecule has 0 amide bonds. The number of thioether (sulfide) groups is 1. The molecule has 2 unspecified atom stereocenters. The van der Waals surface area contributed by atoms with Gasteiger partial charge >= 0.3 is 5.97 Å². The molecule has 1 fully saturated rings. The van der Waals surface area contributed by atoms with Gasteiger partial charge in [-0.3, -0.25) is 0 Å². The fourth-order valence-electron chi connectivity index (χ4n) is 2.32. The summed E-state index contributed by atoms with van der Waals surface area (Å²) in [5.41, 5.74) is 0. The number of aliphatic carboxylic acids is 1. The van der Waals surface area contributed by atoms with E-state index < -0.39 is 23.1 Å². The lowest BCUT2D eigenvalue weighted by Crippen LogP contribution is -2.47. The van der Waals surface area contributed by atoms with Crippen LogP contribution in [-0.2, 0) is 9.53 Å². The minimum absolute atomic E-state index is 0.115. The van der Waals surface area contributed by atoms with Gasteiger partial charge in [0.2, 0.25) is 0 Å². The Balaban J connectivity index is 2.18. The van der Waals surface area contributed by atoms with E-state index >= 15 is 0 Å². The monoisotopic (exact) mass is 244 g/mol. The third-order valence-electron chi connectivity index (χ3n) is 3.19. The standard InChI is InChI=1S/C11H16O4S/c1-6(10(13)14)15-11(7(2)12)8-3-4-9(5-8)16-11/h3-4,6-9,12H,5H2,1-2H3,(H,13,14)/t6-,7-,8?,9?,11+/m0/s1. The lowest BCUT2D eigenvalue weighted by Gasteiger charge is -2.38. The topological polar surface area (TPSA) is 66.8 Å². The fourth-order valence-corrected chi connectivity index (χ4v) is 4.02. The Morgan fingerprint density at radius 3 is 2.62 bits per heavy atom. The first-order valence-electron chi connectivity index (χ1n) is 5.40. The summed E-state index contributed by atoms with van der Waals surface area (Å²) in [6, 6.07) is 0. The molecule has 4 nitrogen and oxygen atoms in total. The first-order valence-corrected chi connectivity index (χ1v) is 6.28. The van der Waals surface area contributed by atoms with Crippen LogP contribution in [0.1, 0.15) is 20.3 Å². The van der Waals surface area contributed by atoms with Gasteiger partial charge in [0.05, 0.1) is 6.10 Å². The zero-order valence-electron chi connectivity index (χ0n) is 9.29. The lowest BCUT2D eigenvalue weighted by molar-refractivity contribution is -0.163. The third-order valence-corrected chi connectivity index (χ3v) is 4.95. The number of ether oxygens (including phenoxy) is 1. The quantitative estimate of drug-likeness (QED) is 0.728. The highest BCUT2D eigenvalue weighted by Crippen LogP contribution is 2.55. The van der Waals surface area contributed by atoms with Gasteiger partial charge in [0, 0.05) is 11.2 Å². The van der Waals surface area contributed by atoms with Crippen LogP contribution < -0.4 is 0 Å². The van der Waals surface area contributed by atoms with Crippen LogP contribution in [0.15, 0.2) is 12.2 Å². The Morgan fingerprint density at radius 2 is 2.25 bits per heavy atom. The van der Waals surface area contributed by atoms with E-state index in [9.17, 15) is 9.90 Å². The summed E-state index contributed by atoms with van der Waals surface area (Å²) < 4.78 is 5.62. The average Bonchev–Trinajstić information content (AvgIpc) is 2.77. The number of carboxylic acid groups (broad SMARTS) is 1. The molecule has 2 aliphatic rings. The van der Waals surface area contributed by atoms with Crippen molar-refractivity contribution in [2.45, 2.75) is 42.7 Å². The van der Waals surface area contributed by atoms with Gasteiger partial charge in [-0.15, -0.1) is 11.8 Å². The Kier molecular flexibility index (Phi) is 3.03. The lowest BCUT2D eigenvalue weighted by atomic mass is 9.97. The third kappa shape index (κ3) is 1.77. The van der Waals surface area contributed by atoms with E-state index in [4.69, 9.17) is 9.84 Å². The van der Waals surface area contributed by atoms with Gasteiger partial charge in [0.15, 0.2) is 6.10 Å². The highest BCUT2D eigenvalue weighted by molar-refractivity contribution is 8.01. The van der Waals surface area contributed by atoms with Gasteiger partial charge in [-0.25, -0.2) is 4.79 Å². The molecule has 0 aromatic heterocycles. The second-order valence-corrected chi connectivity index (χ2v) is 5.86. The highest BCUT2D eigenvalue weighted by Gasteiger charge is 2.54. The molecular weight excluding hydrogens is 228 g/mol. The van der Waals surface area contributed by atoms with Crippen molar-refractivity contribution in [3.8, 4) is 0 Å². The molecule has 0 radical (unpaired) electrons.